The van der Waals surface area contributed by atoms with Crippen molar-refractivity contribution in [2.24, 2.45) is 0 Å². The first-order valence-electron chi connectivity index (χ1n) is 7.39. The first kappa shape index (κ1) is 13.0. The Bertz CT molecular complexity index is 495. The van der Waals surface area contributed by atoms with Gasteiger partial charge in [-0.2, -0.15) is 0 Å². The van der Waals surface area contributed by atoms with Crippen LogP contribution in [0.15, 0.2) is 48.5 Å². The summed E-state index contributed by atoms with van der Waals surface area (Å²) in [7, 11) is 0. The summed E-state index contributed by atoms with van der Waals surface area (Å²) in [4.78, 5) is 2.46. The topological polar surface area (TPSA) is 29.3 Å². The Morgan fingerprint density at radius 1 is 0.900 bits per heavy atom. The van der Waals surface area contributed by atoms with Crippen LogP contribution in [0.2, 0.25) is 0 Å². The van der Waals surface area contributed by atoms with Gasteiger partial charge in [-0.15, -0.1) is 0 Å². The Labute approximate surface area is 121 Å². The molecule has 2 heteroatoms. The number of hydrogen-bond acceptors (Lipinski definition) is 2. The fourth-order valence-corrected chi connectivity index (χ4v) is 2.99. The molecule has 2 aromatic rings. The molecule has 1 aliphatic heterocycles. The molecule has 0 aromatic heterocycles. The zero-order valence-electron chi connectivity index (χ0n) is 12.0. The van der Waals surface area contributed by atoms with Crippen molar-refractivity contribution in [2.75, 3.05) is 23.7 Å². The third kappa shape index (κ3) is 2.79. The second-order valence-corrected chi connectivity index (χ2v) is 5.76. The third-order valence-electron chi connectivity index (χ3n) is 4.30. The molecule has 0 bridgehead atoms. The van der Waals surface area contributed by atoms with Gasteiger partial charge in [0.1, 0.15) is 0 Å². The Balaban J connectivity index is 1.64. The lowest BCUT2D eigenvalue weighted by Crippen LogP contribution is -2.32. The van der Waals surface area contributed by atoms with Crippen molar-refractivity contribution < 1.29 is 0 Å². The maximum absolute atomic E-state index is 5.75. The van der Waals surface area contributed by atoms with Gasteiger partial charge in [0, 0.05) is 24.5 Å². The second kappa shape index (κ2) is 5.58. The molecule has 20 heavy (non-hydrogen) atoms. The van der Waals surface area contributed by atoms with E-state index >= 15 is 0 Å². The number of nitrogens with zero attached hydrogens (tertiary/aromatic N) is 1. The summed E-state index contributed by atoms with van der Waals surface area (Å²) in [5.41, 5.74) is 10.7. The second-order valence-electron chi connectivity index (χ2n) is 5.76. The number of rotatable bonds is 2. The SMILES string of the molecule is Cc1ccc(C2CCN(c3ccc(N)cc3)CC2)cc1. The molecule has 2 N–H and O–H groups in total. The maximum Gasteiger partial charge on any atom is 0.0367 e. The lowest BCUT2D eigenvalue weighted by atomic mass is 9.89. The van der Waals surface area contributed by atoms with E-state index in [-0.39, 0.29) is 0 Å². The van der Waals surface area contributed by atoms with Gasteiger partial charge in [-0.1, -0.05) is 29.8 Å². The maximum atomic E-state index is 5.75. The summed E-state index contributed by atoms with van der Waals surface area (Å²) in [5, 5.41) is 0. The standard InChI is InChI=1S/C18H22N2/c1-14-2-4-15(5-3-14)16-10-12-20(13-11-16)18-8-6-17(19)7-9-18/h2-9,16H,10-13,19H2,1H3. The molecule has 0 amide bonds. The summed E-state index contributed by atoms with van der Waals surface area (Å²) in [5.74, 6) is 0.709. The number of aryl methyl sites for hydroxylation is 1. The highest BCUT2D eigenvalue weighted by Gasteiger charge is 2.20. The van der Waals surface area contributed by atoms with Crippen molar-refractivity contribution in [3.63, 3.8) is 0 Å². The first-order valence-corrected chi connectivity index (χ1v) is 7.39. The average Bonchev–Trinajstić information content (AvgIpc) is 2.49. The zero-order valence-corrected chi connectivity index (χ0v) is 12.0. The van der Waals surface area contributed by atoms with E-state index in [1.165, 1.54) is 29.7 Å². The number of nitrogen functional groups attached to an aromatic ring is 1. The van der Waals surface area contributed by atoms with Crippen LogP contribution in [-0.2, 0) is 0 Å². The molecule has 1 saturated heterocycles. The van der Waals surface area contributed by atoms with Crippen LogP contribution in [0.3, 0.4) is 0 Å². The minimum Gasteiger partial charge on any atom is -0.399 e. The molecule has 2 nitrogen and oxygen atoms in total. The van der Waals surface area contributed by atoms with E-state index in [1.807, 2.05) is 12.1 Å². The van der Waals surface area contributed by atoms with E-state index in [0.29, 0.717) is 5.92 Å². The predicted octanol–water partition coefficient (Wildman–Crippen LogP) is 3.96. The predicted molar refractivity (Wildman–Crippen MR) is 86.2 cm³/mol. The quantitative estimate of drug-likeness (QED) is 0.834. The summed E-state index contributed by atoms with van der Waals surface area (Å²) in [6, 6.07) is 17.3. The molecule has 0 radical (unpaired) electrons. The molecule has 1 heterocycles. The molecule has 104 valence electrons. The van der Waals surface area contributed by atoms with Gasteiger partial charge < -0.3 is 10.6 Å². The smallest absolute Gasteiger partial charge is 0.0367 e. The third-order valence-corrected chi connectivity index (χ3v) is 4.30. The highest BCUT2D eigenvalue weighted by atomic mass is 15.1. The van der Waals surface area contributed by atoms with Crippen LogP contribution in [0, 0.1) is 6.92 Å². The summed E-state index contributed by atoms with van der Waals surface area (Å²) in [6.45, 7) is 4.40. The molecule has 1 fully saturated rings. The van der Waals surface area contributed by atoms with Gasteiger partial charge in [0.15, 0.2) is 0 Å². The van der Waals surface area contributed by atoms with Crippen molar-refractivity contribution in [1.82, 2.24) is 0 Å². The van der Waals surface area contributed by atoms with Crippen LogP contribution in [0.5, 0.6) is 0 Å². The average molecular weight is 266 g/mol. The van der Waals surface area contributed by atoms with E-state index in [9.17, 15) is 0 Å². The van der Waals surface area contributed by atoms with E-state index in [1.54, 1.807) is 0 Å². The highest BCUT2D eigenvalue weighted by molar-refractivity contribution is 5.53. The number of piperidine rings is 1. The molecule has 3 rings (SSSR count). The fraction of sp³-hybridized carbons (Fsp3) is 0.333. The lowest BCUT2D eigenvalue weighted by molar-refractivity contribution is 0.505. The van der Waals surface area contributed by atoms with Crippen molar-refractivity contribution >= 4 is 11.4 Å². The van der Waals surface area contributed by atoms with Crippen LogP contribution in [-0.4, -0.2) is 13.1 Å². The monoisotopic (exact) mass is 266 g/mol. The number of nitrogens with two attached hydrogens (primary N) is 1. The first-order chi connectivity index (χ1) is 9.72. The molecular weight excluding hydrogens is 244 g/mol. The summed E-state index contributed by atoms with van der Waals surface area (Å²) >= 11 is 0. The summed E-state index contributed by atoms with van der Waals surface area (Å²) in [6.07, 6.45) is 2.46. The van der Waals surface area contributed by atoms with Gasteiger partial charge >= 0.3 is 0 Å². The lowest BCUT2D eigenvalue weighted by Gasteiger charge is -2.34. The van der Waals surface area contributed by atoms with E-state index in [2.05, 4.69) is 48.2 Å². The van der Waals surface area contributed by atoms with Gasteiger partial charge in [0.25, 0.3) is 0 Å². The van der Waals surface area contributed by atoms with Crippen LogP contribution in [0.25, 0.3) is 0 Å². The molecule has 0 atom stereocenters. The minimum atomic E-state index is 0.709. The summed E-state index contributed by atoms with van der Waals surface area (Å²) < 4.78 is 0. The number of hydrogen-bond donors (Lipinski definition) is 1. The molecule has 2 aromatic carbocycles. The molecule has 0 saturated carbocycles. The van der Waals surface area contributed by atoms with E-state index in [4.69, 9.17) is 5.73 Å². The largest absolute Gasteiger partial charge is 0.399 e. The van der Waals surface area contributed by atoms with Gasteiger partial charge in [-0.3, -0.25) is 0 Å². The van der Waals surface area contributed by atoms with Crippen molar-refractivity contribution in [3.8, 4) is 0 Å². The normalized spacial score (nSPS) is 16.4. The van der Waals surface area contributed by atoms with Gasteiger partial charge in [-0.25, -0.2) is 0 Å². The van der Waals surface area contributed by atoms with Crippen molar-refractivity contribution in [2.45, 2.75) is 25.7 Å². The zero-order chi connectivity index (χ0) is 13.9. The molecule has 0 aliphatic carbocycles. The Morgan fingerprint density at radius 2 is 1.50 bits per heavy atom. The van der Waals surface area contributed by atoms with Gasteiger partial charge in [-0.05, 0) is 55.5 Å². The number of anilines is 2. The van der Waals surface area contributed by atoms with Crippen LogP contribution < -0.4 is 10.6 Å². The van der Waals surface area contributed by atoms with Gasteiger partial charge in [0.05, 0.1) is 0 Å². The Morgan fingerprint density at radius 3 is 2.10 bits per heavy atom. The number of benzene rings is 2. The highest BCUT2D eigenvalue weighted by Crippen LogP contribution is 2.30. The Kier molecular flexibility index (Phi) is 3.64. The van der Waals surface area contributed by atoms with Crippen LogP contribution >= 0.6 is 0 Å². The molecule has 1 aliphatic rings. The van der Waals surface area contributed by atoms with E-state index in [0.717, 1.165) is 18.8 Å². The van der Waals surface area contributed by atoms with E-state index < -0.39 is 0 Å². The minimum absolute atomic E-state index is 0.709. The van der Waals surface area contributed by atoms with Gasteiger partial charge in [0.2, 0.25) is 0 Å². The van der Waals surface area contributed by atoms with Crippen molar-refractivity contribution in [3.05, 3.63) is 59.7 Å². The molecule has 0 spiro atoms. The Hall–Kier alpha value is -1.96. The van der Waals surface area contributed by atoms with Crippen LogP contribution in [0.1, 0.15) is 29.9 Å². The fourth-order valence-electron chi connectivity index (χ4n) is 2.99. The van der Waals surface area contributed by atoms with Crippen molar-refractivity contribution in [1.29, 1.82) is 0 Å². The van der Waals surface area contributed by atoms with Crippen LogP contribution in [0.4, 0.5) is 11.4 Å². The molecular formula is C18H22N2. The molecule has 0 unspecified atom stereocenters.